The van der Waals surface area contributed by atoms with E-state index in [-0.39, 0.29) is 6.29 Å². The molecule has 2 N–H and O–H groups in total. The summed E-state index contributed by atoms with van der Waals surface area (Å²) in [6.45, 7) is 1.36. The van der Waals surface area contributed by atoms with E-state index in [0.29, 0.717) is 13.2 Å². The number of hydrogen-bond donors (Lipinski definition) is 1. The Kier molecular flexibility index (Phi) is 3.06. The van der Waals surface area contributed by atoms with Gasteiger partial charge in [-0.25, -0.2) is 0 Å². The van der Waals surface area contributed by atoms with Gasteiger partial charge in [-0.3, -0.25) is 0 Å². The van der Waals surface area contributed by atoms with Gasteiger partial charge in [0.25, 0.3) is 0 Å². The van der Waals surface area contributed by atoms with E-state index in [9.17, 15) is 0 Å². The normalized spacial score (nSPS) is 24.2. The SMILES string of the molecule is [B]C1=CC(C2OCCO2)=C([NH2+]C)CC1. The van der Waals surface area contributed by atoms with Crippen molar-refractivity contribution in [3.05, 3.63) is 22.8 Å². The van der Waals surface area contributed by atoms with Gasteiger partial charge in [0.05, 0.1) is 25.8 Å². The molecule has 0 bridgehead atoms. The van der Waals surface area contributed by atoms with E-state index in [1.165, 1.54) is 5.70 Å². The van der Waals surface area contributed by atoms with Gasteiger partial charge < -0.3 is 14.8 Å². The summed E-state index contributed by atoms with van der Waals surface area (Å²) >= 11 is 0. The van der Waals surface area contributed by atoms with Gasteiger partial charge in [0.1, 0.15) is 13.5 Å². The summed E-state index contributed by atoms with van der Waals surface area (Å²) in [6.07, 6.45) is 3.74. The average molecular weight is 192 g/mol. The molecule has 0 atom stereocenters. The van der Waals surface area contributed by atoms with Crippen LogP contribution in [0.15, 0.2) is 22.8 Å². The Bertz CT molecular complexity index is 280. The van der Waals surface area contributed by atoms with Crippen molar-refractivity contribution in [2.24, 2.45) is 0 Å². The predicted octanol–water partition coefficient (Wildman–Crippen LogP) is -0.347. The zero-order valence-electron chi connectivity index (χ0n) is 8.45. The molecule has 2 radical (unpaired) electrons. The lowest BCUT2D eigenvalue weighted by Crippen LogP contribution is -2.78. The minimum absolute atomic E-state index is 0.194. The summed E-state index contributed by atoms with van der Waals surface area (Å²) in [7, 11) is 7.85. The van der Waals surface area contributed by atoms with Crippen molar-refractivity contribution in [1.82, 2.24) is 0 Å². The first-order chi connectivity index (χ1) is 6.81. The van der Waals surface area contributed by atoms with Crippen LogP contribution >= 0.6 is 0 Å². The van der Waals surface area contributed by atoms with Crippen LogP contribution in [0.2, 0.25) is 0 Å². The van der Waals surface area contributed by atoms with Crippen LogP contribution in [-0.4, -0.2) is 34.4 Å². The molecule has 0 aromatic heterocycles. The van der Waals surface area contributed by atoms with Crippen LogP contribution in [-0.2, 0) is 9.47 Å². The number of nitrogens with two attached hydrogens (primary N) is 1. The van der Waals surface area contributed by atoms with Crippen LogP contribution in [0, 0.1) is 0 Å². The number of rotatable bonds is 2. The van der Waals surface area contributed by atoms with Crippen LogP contribution in [0.5, 0.6) is 0 Å². The van der Waals surface area contributed by atoms with Crippen molar-refractivity contribution in [3.8, 4) is 0 Å². The quantitative estimate of drug-likeness (QED) is 0.607. The fraction of sp³-hybridized carbons (Fsp3) is 0.600. The van der Waals surface area contributed by atoms with E-state index in [4.69, 9.17) is 17.3 Å². The second kappa shape index (κ2) is 4.30. The minimum Gasteiger partial charge on any atom is -0.346 e. The topological polar surface area (TPSA) is 35.1 Å². The van der Waals surface area contributed by atoms with Crippen LogP contribution < -0.4 is 5.32 Å². The largest absolute Gasteiger partial charge is 0.346 e. The van der Waals surface area contributed by atoms with Gasteiger partial charge in [-0.15, -0.1) is 5.47 Å². The Hall–Kier alpha value is -0.575. The molecule has 0 aromatic carbocycles. The fourth-order valence-electron chi connectivity index (χ4n) is 1.86. The first kappa shape index (κ1) is 9.96. The molecule has 0 amide bonds. The van der Waals surface area contributed by atoms with E-state index in [1.807, 2.05) is 13.1 Å². The third-order valence-electron chi connectivity index (χ3n) is 2.62. The maximum atomic E-state index is 5.81. The molecule has 1 fully saturated rings. The summed E-state index contributed by atoms with van der Waals surface area (Å²) in [6, 6.07) is 0. The van der Waals surface area contributed by atoms with Gasteiger partial charge in [0, 0.05) is 6.42 Å². The van der Waals surface area contributed by atoms with Crippen LogP contribution in [0.3, 0.4) is 0 Å². The second-order valence-electron chi connectivity index (χ2n) is 3.56. The van der Waals surface area contributed by atoms with Crippen molar-refractivity contribution in [3.63, 3.8) is 0 Å². The number of hydrogen-bond acceptors (Lipinski definition) is 2. The average Bonchev–Trinajstić information content (AvgIpc) is 2.70. The van der Waals surface area contributed by atoms with Crippen molar-refractivity contribution < 1.29 is 14.8 Å². The van der Waals surface area contributed by atoms with Crippen LogP contribution in [0.1, 0.15) is 12.8 Å². The smallest absolute Gasteiger partial charge is 0.189 e. The lowest BCUT2D eigenvalue weighted by molar-refractivity contribution is -0.580. The van der Waals surface area contributed by atoms with Crippen molar-refractivity contribution >= 4 is 7.85 Å². The maximum Gasteiger partial charge on any atom is 0.189 e. The van der Waals surface area contributed by atoms with Crippen LogP contribution in [0.25, 0.3) is 0 Å². The molecule has 1 aliphatic carbocycles. The van der Waals surface area contributed by atoms with Gasteiger partial charge in [0.15, 0.2) is 6.29 Å². The fourth-order valence-corrected chi connectivity index (χ4v) is 1.86. The highest BCUT2D eigenvalue weighted by molar-refractivity contribution is 6.21. The monoisotopic (exact) mass is 192 g/mol. The molecule has 0 unspecified atom stereocenters. The first-order valence-corrected chi connectivity index (χ1v) is 5.03. The Balaban J connectivity index is 2.22. The number of quaternary nitrogens is 1. The maximum absolute atomic E-state index is 5.81. The van der Waals surface area contributed by atoms with E-state index < -0.39 is 0 Å². The molecule has 14 heavy (non-hydrogen) atoms. The molecule has 1 aliphatic heterocycles. The Labute approximate surface area is 85.6 Å². The minimum atomic E-state index is -0.194. The number of allylic oxidation sites excluding steroid dienone is 2. The van der Waals surface area contributed by atoms with E-state index in [0.717, 1.165) is 23.9 Å². The highest BCUT2D eigenvalue weighted by atomic mass is 16.7. The van der Waals surface area contributed by atoms with Gasteiger partial charge in [-0.05, 0) is 6.42 Å². The Morgan fingerprint density at radius 1 is 1.36 bits per heavy atom. The van der Waals surface area contributed by atoms with Crippen LogP contribution in [0.4, 0.5) is 0 Å². The van der Waals surface area contributed by atoms with Crippen molar-refractivity contribution in [2.45, 2.75) is 19.1 Å². The van der Waals surface area contributed by atoms with Crippen molar-refractivity contribution in [2.75, 3.05) is 20.3 Å². The molecule has 2 rings (SSSR count). The molecule has 2 aliphatic rings. The Morgan fingerprint density at radius 3 is 2.71 bits per heavy atom. The number of ether oxygens (including phenoxy) is 2. The molecule has 0 saturated carbocycles. The molecule has 1 heterocycles. The molecule has 3 nitrogen and oxygen atoms in total. The Morgan fingerprint density at radius 2 is 2.07 bits per heavy atom. The molecule has 1 saturated heterocycles. The molecular weight excluding hydrogens is 177 g/mol. The molecule has 0 aromatic rings. The molecule has 0 spiro atoms. The zero-order valence-corrected chi connectivity index (χ0v) is 8.45. The van der Waals surface area contributed by atoms with Gasteiger partial charge >= 0.3 is 0 Å². The van der Waals surface area contributed by atoms with E-state index in [2.05, 4.69) is 5.32 Å². The summed E-state index contributed by atoms with van der Waals surface area (Å²) < 4.78 is 10.9. The molecule has 74 valence electrons. The third-order valence-corrected chi connectivity index (χ3v) is 2.62. The van der Waals surface area contributed by atoms with E-state index in [1.54, 1.807) is 0 Å². The zero-order chi connectivity index (χ0) is 9.97. The lowest BCUT2D eigenvalue weighted by atomic mass is 9.84. The lowest BCUT2D eigenvalue weighted by Gasteiger charge is -2.18. The first-order valence-electron chi connectivity index (χ1n) is 5.03. The van der Waals surface area contributed by atoms with Crippen molar-refractivity contribution in [1.29, 1.82) is 0 Å². The van der Waals surface area contributed by atoms with Gasteiger partial charge in [-0.2, -0.15) is 0 Å². The predicted molar refractivity (Wildman–Crippen MR) is 53.6 cm³/mol. The van der Waals surface area contributed by atoms with Gasteiger partial charge in [-0.1, -0.05) is 6.08 Å². The standard InChI is InChI=1S/C10H14BNO2/c1-12-9-3-2-7(11)6-8(9)10-13-4-5-14-10/h6,10,12H,2-5H2,1H3/p+1. The summed E-state index contributed by atoms with van der Waals surface area (Å²) in [5.41, 5.74) is 3.32. The summed E-state index contributed by atoms with van der Waals surface area (Å²) in [5, 5.41) is 2.11. The third kappa shape index (κ3) is 1.92. The highest BCUT2D eigenvalue weighted by Gasteiger charge is 2.26. The van der Waals surface area contributed by atoms with Gasteiger partial charge in [0.2, 0.25) is 0 Å². The molecular formula is C10H15BNO2+. The van der Waals surface area contributed by atoms with E-state index >= 15 is 0 Å². The summed E-state index contributed by atoms with van der Waals surface area (Å²) in [4.78, 5) is 0. The second-order valence-corrected chi connectivity index (χ2v) is 3.56. The highest BCUT2D eigenvalue weighted by Crippen LogP contribution is 2.24. The molecule has 4 heteroatoms. The summed E-state index contributed by atoms with van der Waals surface area (Å²) in [5.74, 6) is 0.